The number of hydrogen-bond donors (Lipinski definition) is 1. The van der Waals surface area contributed by atoms with Gasteiger partial charge in [-0.15, -0.1) is 0 Å². The quantitative estimate of drug-likeness (QED) is 0.869. The van der Waals surface area contributed by atoms with Gasteiger partial charge in [0.2, 0.25) is 5.89 Å². The number of piperidine rings is 1. The molecule has 22 heavy (non-hydrogen) atoms. The zero-order chi connectivity index (χ0) is 15.4. The Morgan fingerprint density at radius 1 is 1.36 bits per heavy atom. The average molecular weight is 305 g/mol. The van der Waals surface area contributed by atoms with E-state index in [1.165, 1.54) is 12.8 Å². The number of aryl methyl sites for hydroxylation is 2. The van der Waals surface area contributed by atoms with E-state index < -0.39 is 0 Å². The first-order valence-corrected chi connectivity index (χ1v) is 7.92. The van der Waals surface area contributed by atoms with Gasteiger partial charge in [0.1, 0.15) is 0 Å². The third-order valence-corrected chi connectivity index (χ3v) is 3.92. The highest BCUT2D eigenvalue weighted by Gasteiger charge is 2.21. The van der Waals surface area contributed by atoms with Crippen molar-refractivity contribution in [1.82, 2.24) is 25.5 Å². The van der Waals surface area contributed by atoms with Crippen molar-refractivity contribution in [1.29, 1.82) is 0 Å². The lowest BCUT2D eigenvalue weighted by Gasteiger charge is -2.32. The van der Waals surface area contributed by atoms with E-state index in [0.29, 0.717) is 11.9 Å². The van der Waals surface area contributed by atoms with Gasteiger partial charge in [0, 0.05) is 25.1 Å². The summed E-state index contributed by atoms with van der Waals surface area (Å²) in [6.45, 7) is 7.50. The van der Waals surface area contributed by atoms with Gasteiger partial charge in [0.15, 0.2) is 11.6 Å². The van der Waals surface area contributed by atoms with Crippen molar-refractivity contribution >= 4 is 0 Å². The number of nitrogens with one attached hydrogen (secondary N) is 1. The van der Waals surface area contributed by atoms with E-state index in [1.807, 2.05) is 19.9 Å². The molecule has 1 saturated heterocycles. The Morgan fingerprint density at radius 2 is 2.27 bits per heavy atom. The van der Waals surface area contributed by atoms with E-state index >= 15 is 0 Å². The summed E-state index contributed by atoms with van der Waals surface area (Å²) in [5, 5.41) is 11.5. The fourth-order valence-electron chi connectivity index (χ4n) is 2.81. The van der Waals surface area contributed by atoms with Crippen LogP contribution in [0.1, 0.15) is 42.9 Å². The maximum absolute atomic E-state index is 5.23. The van der Waals surface area contributed by atoms with Crippen molar-refractivity contribution < 1.29 is 9.05 Å². The third-order valence-electron chi connectivity index (χ3n) is 3.92. The maximum atomic E-state index is 5.23. The molecule has 0 unspecified atom stereocenters. The highest BCUT2D eigenvalue weighted by atomic mass is 16.5. The van der Waals surface area contributed by atoms with Crippen LogP contribution in [0.5, 0.6) is 0 Å². The van der Waals surface area contributed by atoms with Crippen LogP contribution in [0.15, 0.2) is 15.1 Å². The topological polar surface area (TPSA) is 80.2 Å². The van der Waals surface area contributed by atoms with Gasteiger partial charge in [-0.1, -0.05) is 17.2 Å². The zero-order valence-corrected chi connectivity index (χ0v) is 13.2. The summed E-state index contributed by atoms with van der Waals surface area (Å²) < 4.78 is 10.4. The summed E-state index contributed by atoms with van der Waals surface area (Å²) in [4.78, 5) is 6.75. The van der Waals surface area contributed by atoms with Crippen LogP contribution in [0, 0.1) is 6.92 Å². The molecule has 1 aliphatic heterocycles. The molecule has 0 spiro atoms. The Balaban J connectivity index is 1.48. The molecule has 0 aliphatic carbocycles. The number of likely N-dealkylation sites (tertiary alicyclic amines) is 1. The molecule has 2 aromatic rings. The van der Waals surface area contributed by atoms with E-state index in [4.69, 9.17) is 9.05 Å². The van der Waals surface area contributed by atoms with Crippen molar-refractivity contribution in [2.45, 2.75) is 52.2 Å². The molecule has 3 rings (SSSR count). The van der Waals surface area contributed by atoms with Crippen LogP contribution in [0.2, 0.25) is 0 Å². The lowest BCUT2D eigenvalue weighted by molar-refractivity contribution is 0.175. The Kier molecular flexibility index (Phi) is 4.84. The second-order valence-electron chi connectivity index (χ2n) is 5.85. The first-order chi connectivity index (χ1) is 10.7. The minimum atomic E-state index is 0.455. The van der Waals surface area contributed by atoms with Gasteiger partial charge in [-0.3, -0.25) is 4.90 Å². The summed E-state index contributed by atoms with van der Waals surface area (Å²) in [5.41, 5.74) is 0.922. The monoisotopic (exact) mass is 305 g/mol. The molecular weight excluding hydrogens is 282 g/mol. The molecule has 0 radical (unpaired) electrons. The van der Waals surface area contributed by atoms with Crippen LogP contribution >= 0.6 is 0 Å². The lowest BCUT2D eigenvalue weighted by Crippen LogP contribution is -2.45. The van der Waals surface area contributed by atoms with Crippen LogP contribution in [0.3, 0.4) is 0 Å². The van der Waals surface area contributed by atoms with Gasteiger partial charge in [0.25, 0.3) is 0 Å². The Morgan fingerprint density at radius 3 is 3.00 bits per heavy atom. The first-order valence-electron chi connectivity index (χ1n) is 7.92. The molecule has 120 valence electrons. The summed E-state index contributed by atoms with van der Waals surface area (Å²) in [5.74, 6) is 2.38. The molecule has 1 aliphatic rings. The van der Waals surface area contributed by atoms with Gasteiger partial charge in [-0.2, -0.15) is 4.98 Å². The fourth-order valence-corrected chi connectivity index (χ4v) is 2.81. The van der Waals surface area contributed by atoms with Gasteiger partial charge in [0.05, 0.1) is 18.8 Å². The lowest BCUT2D eigenvalue weighted by atomic mass is 10.1. The van der Waals surface area contributed by atoms with Crippen LogP contribution in [0.25, 0.3) is 0 Å². The van der Waals surface area contributed by atoms with Gasteiger partial charge >= 0.3 is 0 Å². The van der Waals surface area contributed by atoms with Crippen LogP contribution < -0.4 is 5.32 Å². The molecular formula is C15H23N5O2. The van der Waals surface area contributed by atoms with Crippen LogP contribution in [-0.4, -0.2) is 39.3 Å². The molecule has 1 fully saturated rings. The number of rotatable bonds is 6. The Hall–Kier alpha value is -1.73. The van der Waals surface area contributed by atoms with Gasteiger partial charge in [-0.05, 0) is 26.3 Å². The first kappa shape index (κ1) is 15.2. The Bertz CT molecular complexity index is 594. The highest BCUT2D eigenvalue weighted by Crippen LogP contribution is 2.13. The molecule has 0 aromatic carbocycles. The summed E-state index contributed by atoms with van der Waals surface area (Å²) >= 11 is 0. The van der Waals surface area contributed by atoms with E-state index in [2.05, 4.69) is 25.5 Å². The van der Waals surface area contributed by atoms with Gasteiger partial charge in [-0.25, -0.2) is 0 Å². The number of hydrogen-bond acceptors (Lipinski definition) is 7. The summed E-state index contributed by atoms with van der Waals surface area (Å²) in [7, 11) is 0. The van der Waals surface area contributed by atoms with Crippen molar-refractivity contribution in [2.24, 2.45) is 0 Å². The second kappa shape index (κ2) is 7.02. The Labute approximate surface area is 130 Å². The van der Waals surface area contributed by atoms with Crippen molar-refractivity contribution in [3.05, 3.63) is 29.2 Å². The fraction of sp³-hybridized carbons (Fsp3) is 0.667. The third kappa shape index (κ3) is 3.92. The molecule has 7 heteroatoms. The SMILES string of the molecule is CCc1nc(CN2CCC[C@H](NCc3cc(C)no3)C2)no1. The molecule has 2 aromatic heterocycles. The maximum Gasteiger partial charge on any atom is 0.226 e. The standard InChI is InChI=1S/C15H23N5O2/c1-3-15-17-14(19-22-15)10-20-6-4-5-12(9-20)16-8-13-7-11(2)18-21-13/h7,12,16H,3-6,8-10H2,1-2H3/t12-/m0/s1. The minimum Gasteiger partial charge on any atom is -0.360 e. The van der Waals surface area contributed by atoms with E-state index in [1.54, 1.807) is 0 Å². The summed E-state index contributed by atoms with van der Waals surface area (Å²) in [6.07, 6.45) is 3.13. The smallest absolute Gasteiger partial charge is 0.226 e. The van der Waals surface area contributed by atoms with Crippen LogP contribution in [-0.2, 0) is 19.5 Å². The van der Waals surface area contributed by atoms with Gasteiger partial charge < -0.3 is 14.4 Å². The van der Waals surface area contributed by atoms with E-state index in [0.717, 1.165) is 49.9 Å². The molecule has 0 bridgehead atoms. The van der Waals surface area contributed by atoms with Crippen LogP contribution in [0.4, 0.5) is 0 Å². The molecule has 3 heterocycles. The zero-order valence-electron chi connectivity index (χ0n) is 13.2. The molecule has 0 saturated carbocycles. The molecule has 7 nitrogen and oxygen atoms in total. The van der Waals surface area contributed by atoms with E-state index in [-0.39, 0.29) is 0 Å². The van der Waals surface area contributed by atoms with E-state index in [9.17, 15) is 0 Å². The molecule has 1 atom stereocenters. The number of aromatic nitrogens is 3. The predicted molar refractivity (Wildman–Crippen MR) is 80.1 cm³/mol. The summed E-state index contributed by atoms with van der Waals surface area (Å²) in [6, 6.07) is 2.43. The van der Waals surface area contributed by atoms with Crippen molar-refractivity contribution in [3.63, 3.8) is 0 Å². The second-order valence-corrected chi connectivity index (χ2v) is 5.85. The van der Waals surface area contributed by atoms with Crippen molar-refractivity contribution in [2.75, 3.05) is 13.1 Å². The van der Waals surface area contributed by atoms with Crippen molar-refractivity contribution in [3.8, 4) is 0 Å². The molecule has 1 N–H and O–H groups in total. The molecule has 0 amide bonds. The largest absolute Gasteiger partial charge is 0.360 e. The number of nitrogens with zero attached hydrogens (tertiary/aromatic N) is 4. The minimum absolute atomic E-state index is 0.455. The highest BCUT2D eigenvalue weighted by molar-refractivity contribution is 5.03. The average Bonchev–Trinajstić information content (AvgIpc) is 3.14. The normalized spacial score (nSPS) is 19.6. The predicted octanol–water partition coefficient (Wildman–Crippen LogP) is 1.68.